The van der Waals surface area contributed by atoms with Crippen LogP contribution in [0.25, 0.3) is 0 Å². The summed E-state index contributed by atoms with van der Waals surface area (Å²) in [6, 6.07) is 0. The van der Waals surface area contributed by atoms with Crippen LogP contribution in [0.4, 0.5) is 0 Å². The van der Waals surface area contributed by atoms with Crippen molar-refractivity contribution in [3.8, 4) is 0 Å². The van der Waals surface area contributed by atoms with Gasteiger partial charge < -0.3 is 4.74 Å². The Bertz CT molecular complexity index is 387. The average molecular weight is 408 g/mol. The van der Waals surface area contributed by atoms with Crippen molar-refractivity contribution >= 4 is 37.8 Å². The van der Waals surface area contributed by atoms with E-state index in [0.29, 0.717) is 18.4 Å². The van der Waals surface area contributed by atoms with Crippen molar-refractivity contribution in [3.63, 3.8) is 0 Å². The van der Waals surface area contributed by atoms with E-state index in [2.05, 4.69) is 38.8 Å². The summed E-state index contributed by atoms with van der Waals surface area (Å²) in [6.45, 7) is 4.68. The second-order valence-electron chi connectivity index (χ2n) is 7.01. The van der Waals surface area contributed by atoms with Crippen molar-refractivity contribution in [1.29, 1.82) is 0 Å². The standard InChI is InChI=1S/C16H24Br2O2/c1-3-5-10-6-15(17)8-11-12(9-16(15,18)7-10)13(11)14(19)20-4-2/h10-13H,3-9H2,1-2H3. The molecule has 0 heterocycles. The molecule has 4 unspecified atom stereocenters. The molecule has 0 amide bonds. The third kappa shape index (κ3) is 2.29. The molecule has 4 heteroatoms. The van der Waals surface area contributed by atoms with Gasteiger partial charge in [-0.3, -0.25) is 4.79 Å². The van der Waals surface area contributed by atoms with Gasteiger partial charge in [0.2, 0.25) is 0 Å². The molecule has 3 saturated carbocycles. The minimum absolute atomic E-state index is 0.0415. The number of alkyl halides is 2. The van der Waals surface area contributed by atoms with E-state index in [1.165, 1.54) is 25.7 Å². The highest BCUT2D eigenvalue weighted by atomic mass is 79.9. The number of rotatable bonds is 4. The Labute approximate surface area is 138 Å². The molecule has 0 N–H and O–H groups in total. The number of ether oxygens (including phenoxy) is 1. The van der Waals surface area contributed by atoms with Crippen LogP contribution in [-0.4, -0.2) is 21.2 Å². The largest absolute Gasteiger partial charge is 0.466 e. The lowest BCUT2D eigenvalue weighted by Gasteiger charge is -2.41. The van der Waals surface area contributed by atoms with Gasteiger partial charge in [0.25, 0.3) is 0 Å². The summed E-state index contributed by atoms with van der Waals surface area (Å²) in [4.78, 5) is 12.0. The second kappa shape index (κ2) is 5.26. The topological polar surface area (TPSA) is 26.3 Å². The SMILES string of the molecule is CCCC1CC2(Br)CC3C(CC2(Br)C1)C3C(=O)OCC. The first-order chi connectivity index (χ1) is 9.44. The highest BCUT2D eigenvalue weighted by Gasteiger charge is 2.69. The van der Waals surface area contributed by atoms with Crippen LogP contribution in [0, 0.1) is 23.7 Å². The molecule has 2 nitrogen and oxygen atoms in total. The van der Waals surface area contributed by atoms with Gasteiger partial charge in [-0.05, 0) is 50.4 Å². The summed E-state index contributed by atoms with van der Waals surface area (Å²) in [5, 5.41) is 0. The average Bonchev–Trinajstić information content (AvgIpc) is 2.93. The van der Waals surface area contributed by atoms with E-state index in [-0.39, 0.29) is 20.5 Å². The van der Waals surface area contributed by atoms with Crippen LogP contribution in [0.1, 0.15) is 52.4 Å². The Morgan fingerprint density at radius 2 is 1.65 bits per heavy atom. The van der Waals surface area contributed by atoms with Crippen LogP contribution in [-0.2, 0) is 9.53 Å². The van der Waals surface area contributed by atoms with Crippen molar-refractivity contribution in [2.24, 2.45) is 23.7 Å². The van der Waals surface area contributed by atoms with Crippen LogP contribution in [0.15, 0.2) is 0 Å². The zero-order valence-electron chi connectivity index (χ0n) is 12.3. The van der Waals surface area contributed by atoms with Gasteiger partial charge in [-0.2, -0.15) is 0 Å². The van der Waals surface area contributed by atoms with Crippen LogP contribution >= 0.6 is 31.9 Å². The van der Waals surface area contributed by atoms with Gasteiger partial charge in [-0.15, -0.1) is 0 Å². The fraction of sp³-hybridized carbons (Fsp3) is 0.938. The Hall–Kier alpha value is 0.430. The lowest BCUT2D eigenvalue weighted by atomic mass is 9.81. The van der Waals surface area contributed by atoms with Gasteiger partial charge >= 0.3 is 5.97 Å². The Morgan fingerprint density at radius 1 is 1.10 bits per heavy atom. The minimum atomic E-state index is 0.0415. The number of halogens is 2. The fourth-order valence-corrected chi connectivity index (χ4v) is 7.15. The first-order valence-corrected chi connectivity index (χ1v) is 9.57. The lowest BCUT2D eigenvalue weighted by Crippen LogP contribution is -2.43. The molecule has 0 spiro atoms. The van der Waals surface area contributed by atoms with Crippen molar-refractivity contribution in [2.45, 2.75) is 61.0 Å². The van der Waals surface area contributed by atoms with E-state index in [1.54, 1.807) is 0 Å². The molecule has 0 aromatic heterocycles. The van der Waals surface area contributed by atoms with Crippen LogP contribution < -0.4 is 0 Å². The van der Waals surface area contributed by atoms with Crippen molar-refractivity contribution < 1.29 is 9.53 Å². The third-order valence-electron chi connectivity index (χ3n) is 5.73. The third-order valence-corrected chi connectivity index (χ3v) is 9.08. The Balaban J connectivity index is 1.71. The summed E-state index contributed by atoms with van der Waals surface area (Å²) in [7, 11) is 0. The van der Waals surface area contributed by atoms with Crippen molar-refractivity contribution in [3.05, 3.63) is 0 Å². The first-order valence-electron chi connectivity index (χ1n) is 7.98. The number of esters is 1. The summed E-state index contributed by atoms with van der Waals surface area (Å²) in [5.74, 6) is 2.16. The normalized spacial score (nSPS) is 49.4. The number of carbonyl (C=O) groups excluding carboxylic acids is 1. The zero-order chi connectivity index (χ0) is 14.5. The second-order valence-corrected chi connectivity index (χ2v) is 10.0. The minimum Gasteiger partial charge on any atom is -0.466 e. The maximum absolute atomic E-state index is 12.0. The van der Waals surface area contributed by atoms with E-state index in [4.69, 9.17) is 4.74 Å². The number of carbonyl (C=O) groups is 1. The van der Waals surface area contributed by atoms with E-state index in [1.807, 2.05) is 6.92 Å². The molecule has 0 radical (unpaired) electrons. The zero-order valence-corrected chi connectivity index (χ0v) is 15.5. The molecular formula is C16H24Br2O2. The van der Waals surface area contributed by atoms with Crippen LogP contribution in [0.5, 0.6) is 0 Å². The molecule has 0 saturated heterocycles. The van der Waals surface area contributed by atoms with Crippen LogP contribution in [0.2, 0.25) is 0 Å². The molecule has 4 atom stereocenters. The molecule has 3 aliphatic rings. The van der Waals surface area contributed by atoms with Gasteiger partial charge in [-0.1, -0.05) is 51.6 Å². The van der Waals surface area contributed by atoms with Gasteiger partial charge in [0.1, 0.15) is 0 Å². The maximum Gasteiger partial charge on any atom is 0.309 e. The van der Waals surface area contributed by atoms with Gasteiger partial charge in [0.15, 0.2) is 0 Å². The van der Waals surface area contributed by atoms with Gasteiger partial charge in [-0.25, -0.2) is 0 Å². The quantitative estimate of drug-likeness (QED) is 0.499. The summed E-state index contributed by atoms with van der Waals surface area (Å²) in [5.41, 5.74) is 0. The summed E-state index contributed by atoms with van der Waals surface area (Å²) in [6.07, 6.45) is 7.38. The highest BCUT2D eigenvalue weighted by Crippen LogP contribution is 2.71. The van der Waals surface area contributed by atoms with E-state index in [0.717, 1.165) is 18.8 Å². The molecule has 0 aromatic carbocycles. The number of hydrogen-bond donors (Lipinski definition) is 0. The van der Waals surface area contributed by atoms with E-state index >= 15 is 0 Å². The smallest absolute Gasteiger partial charge is 0.309 e. The van der Waals surface area contributed by atoms with E-state index in [9.17, 15) is 4.79 Å². The molecule has 0 aliphatic heterocycles. The number of fused-ring (bicyclic) bond motifs is 2. The van der Waals surface area contributed by atoms with Crippen LogP contribution in [0.3, 0.4) is 0 Å². The Morgan fingerprint density at radius 3 is 2.10 bits per heavy atom. The first kappa shape index (κ1) is 15.3. The molecular weight excluding hydrogens is 384 g/mol. The number of hydrogen-bond acceptors (Lipinski definition) is 2. The maximum atomic E-state index is 12.0. The molecule has 0 aromatic rings. The van der Waals surface area contributed by atoms with Gasteiger partial charge in [0.05, 0.1) is 12.5 Å². The predicted molar refractivity (Wildman–Crippen MR) is 87.3 cm³/mol. The fourth-order valence-electron chi connectivity index (χ4n) is 4.83. The summed E-state index contributed by atoms with van der Waals surface area (Å²) < 4.78 is 5.63. The van der Waals surface area contributed by atoms with Crippen molar-refractivity contribution in [1.82, 2.24) is 0 Å². The van der Waals surface area contributed by atoms with Crippen molar-refractivity contribution in [2.75, 3.05) is 6.61 Å². The molecule has 20 heavy (non-hydrogen) atoms. The predicted octanol–water partition coefficient (Wildman–Crippen LogP) is 4.68. The Kier molecular flexibility index (Phi) is 4.03. The molecule has 3 rings (SSSR count). The molecule has 114 valence electrons. The van der Waals surface area contributed by atoms with Gasteiger partial charge in [0, 0.05) is 8.65 Å². The monoisotopic (exact) mass is 406 g/mol. The lowest BCUT2D eigenvalue weighted by molar-refractivity contribution is -0.145. The molecule has 0 bridgehead atoms. The summed E-state index contributed by atoms with van der Waals surface area (Å²) >= 11 is 8.15. The molecule has 3 aliphatic carbocycles. The molecule has 3 fully saturated rings. The van der Waals surface area contributed by atoms with E-state index < -0.39 is 0 Å². The highest BCUT2D eigenvalue weighted by molar-refractivity contribution is 9.13.